The smallest absolute Gasteiger partial charge is 0.298 e. The normalized spacial score (nSPS) is 11.8. The number of carbonyl (C=O) groups is 2. The van der Waals surface area contributed by atoms with Gasteiger partial charge in [-0.1, -0.05) is 17.4 Å². The minimum absolute atomic E-state index is 0.228. The SMILES string of the molecule is CC(=O)Nc1cc(OC=O)cc(-c2nnc(Nc3ccc4c(c3)C=NC4)s2)c1. The van der Waals surface area contributed by atoms with Crippen molar-refractivity contribution in [2.45, 2.75) is 13.5 Å². The molecule has 0 fully saturated rings. The third-order valence-electron chi connectivity index (χ3n) is 3.97. The highest BCUT2D eigenvalue weighted by Gasteiger charge is 2.12. The Balaban J connectivity index is 1.59. The Kier molecular flexibility index (Phi) is 4.81. The van der Waals surface area contributed by atoms with Gasteiger partial charge in [0.05, 0.1) is 6.54 Å². The minimum atomic E-state index is -0.228. The van der Waals surface area contributed by atoms with E-state index in [0.717, 1.165) is 11.3 Å². The van der Waals surface area contributed by atoms with Crippen LogP contribution in [0.4, 0.5) is 16.5 Å². The van der Waals surface area contributed by atoms with Crippen molar-refractivity contribution in [3.8, 4) is 16.3 Å². The molecule has 28 heavy (non-hydrogen) atoms. The number of rotatable bonds is 6. The van der Waals surface area contributed by atoms with Gasteiger partial charge in [-0.05, 0) is 35.4 Å². The maximum Gasteiger partial charge on any atom is 0.298 e. The number of anilines is 3. The number of amides is 1. The first-order valence-corrected chi connectivity index (χ1v) is 9.19. The second-order valence-corrected chi connectivity index (χ2v) is 7.04. The largest absolute Gasteiger partial charge is 0.429 e. The number of carbonyl (C=O) groups excluding carboxylic acids is 2. The summed E-state index contributed by atoms with van der Waals surface area (Å²) in [5, 5.41) is 15.5. The highest BCUT2D eigenvalue weighted by Crippen LogP contribution is 2.33. The topological polar surface area (TPSA) is 106 Å². The number of nitrogens with one attached hydrogen (secondary N) is 2. The van der Waals surface area contributed by atoms with Crippen LogP contribution in [-0.2, 0) is 16.1 Å². The van der Waals surface area contributed by atoms with Crippen LogP contribution in [0.15, 0.2) is 41.4 Å². The minimum Gasteiger partial charge on any atom is -0.429 e. The van der Waals surface area contributed by atoms with Crippen molar-refractivity contribution in [1.29, 1.82) is 0 Å². The fourth-order valence-electron chi connectivity index (χ4n) is 2.81. The van der Waals surface area contributed by atoms with E-state index in [9.17, 15) is 9.59 Å². The van der Waals surface area contributed by atoms with Crippen molar-refractivity contribution in [3.05, 3.63) is 47.5 Å². The molecule has 0 aliphatic carbocycles. The Labute approximate surface area is 164 Å². The molecule has 1 aliphatic rings. The van der Waals surface area contributed by atoms with Gasteiger partial charge in [-0.2, -0.15) is 0 Å². The van der Waals surface area contributed by atoms with E-state index < -0.39 is 0 Å². The van der Waals surface area contributed by atoms with E-state index in [4.69, 9.17) is 4.74 Å². The first kappa shape index (κ1) is 17.8. The maximum atomic E-state index is 11.4. The van der Waals surface area contributed by atoms with Crippen LogP contribution >= 0.6 is 11.3 Å². The summed E-state index contributed by atoms with van der Waals surface area (Å²) in [4.78, 5) is 26.3. The lowest BCUT2D eigenvalue weighted by Crippen LogP contribution is -2.06. The van der Waals surface area contributed by atoms with Gasteiger partial charge in [-0.15, -0.1) is 10.2 Å². The molecular formula is C19H15N5O3S. The molecule has 4 rings (SSSR count). The van der Waals surface area contributed by atoms with E-state index in [1.165, 1.54) is 23.8 Å². The number of benzene rings is 2. The monoisotopic (exact) mass is 393 g/mol. The lowest BCUT2D eigenvalue weighted by atomic mass is 10.1. The molecule has 140 valence electrons. The van der Waals surface area contributed by atoms with Crippen molar-refractivity contribution in [1.82, 2.24) is 10.2 Å². The standard InChI is InChI=1S/C19H15N5O3S/c1-11(26)21-16-4-13(6-17(7-16)27-10-25)18-23-24-19(28-18)22-15-3-2-12-8-20-9-14(12)5-15/h2-7,9-10H,8H2,1H3,(H,21,26)(H,22,24). The van der Waals surface area contributed by atoms with Crippen molar-refractivity contribution in [2.75, 3.05) is 10.6 Å². The van der Waals surface area contributed by atoms with Gasteiger partial charge in [0.2, 0.25) is 11.0 Å². The van der Waals surface area contributed by atoms with Gasteiger partial charge in [0, 0.05) is 36.1 Å². The van der Waals surface area contributed by atoms with Crippen molar-refractivity contribution in [3.63, 3.8) is 0 Å². The van der Waals surface area contributed by atoms with E-state index in [-0.39, 0.29) is 5.91 Å². The predicted molar refractivity (Wildman–Crippen MR) is 107 cm³/mol. The number of aliphatic imine (C=N–C) groups is 1. The van der Waals surface area contributed by atoms with Crippen LogP contribution in [-0.4, -0.2) is 28.8 Å². The molecule has 1 aromatic heterocycles. The fraction of sp³-hybridized carbons (Fsp3) is 0.105. The predicted octanol–water partition coefficient (Wildman–Crippen LogP) is 3.37. The Morgan fingerprint density at radius 3 is 2.89 bits per heavy atom. The molecule has 0 atom stereocenters. The average Bonchev–Trinajstić information content (AvgIpc) is 3.30. The Morgan fingerprint density at radius 1 is 1.18 bits per heavy atom. The second kappa shape index (κ2) is 7.57. The van der Waals surface area contributed by atoms with E-state index in [1.54, 1.807) is 18.2 Å². The summed E-state index contributed by atoms with van der Waals surface area (Å²) >= 11 is 1.34. The highest BCUT2D eigenvalue weighted by atomic mass is 32.1. The summed E-state index contributed by atoms with van der Waals surface area (Å²) in [6.45, 7) is 2.45. The van der Waals surface area contributed by atoms with Crippen LogP contribution in [0.25, 0.3) is 10.6 Å². The van der Waals surface area contributed by atoms with Gasteiger partial charge in [0.1, 0.15) is 10.8 Å². The van der Waals surface area contributed by atoms with Crippen LogP contribution in [0.1, 0.15) is 18.1 Å². The fourth-order valence-corrected chi connectivity index (χ4v) is 3.57. The molecule has 0 bridgehead atoms. The van der Waals surface area contributed by atoms with E-state index >= 15 is 0 Å². The molecule has 8 nitrogen and oxygen atoms in total. The lowest BCUT2D eigenvalue weighted by Gasteiger charge is -2.07. The van der Waals surface area contributed by atoms with Crippen LogP contribution in [0.3, 0.4) is 0 Å². The number of nitrogens with zero attached hydrogens (tertiary/aromatic N) is 3. The first-order chi connectivity index (χ1) is 13.6. The molecule has 9 heteroatoms. The molecule has 2 aromatic carbocycles. The molecule has 2 N–H and O–H groups in total. The average molecular weight is 393 g/mol. The molecule has 0 spiro atoms. The Morgan fingerprint density at radius 2 is 2.07 bits per heavy atom. The van der Waals surface area contributed by atoms with Crippen molar-refractivity contribution in [2.24, 2.45) is 4.99 Å². The third-order valence-corrected chi connectivity index (χ3v) is 4.86. The van der Waals surface area contributed by atoms with Crippen LogP contribution < -0.4 is 15.4 Å². The summed E-state index contributed by atoms with van der Waals surface area (Å²) in [5.41, 5.74) is 4.36. The van der Waals surface area contributed by atoms with E-state index in [1.807, 2.05) is 24.4 Å². The zero-order valence-corrected chi connectivity index (χ0v) is 15.6. The highest BCUT2D eigenvalue weighted by molar-refractivity contribution is 7.18. The molecule has 0 saturated carbocycles. The van der Waals surface area contributed by atoms with Crippen LogP contribution in [0, 0.1) is 0 Å². The van der Waals surface area contributed by atoms with Crippen molar-refractivity contribution < 1.29 is 14.3 Å². The number of ether oxygens (including phenoxy) is 1. The molecule has 0 unspecified atom stereocenters. The molecule has 2 heterocycles. The van der Waals surface area contributed by atoms with Gasteiger partial charge < -0.3 is 15.4 Å². The molecule has 1 amide bonds. The quantitative estimate of drug-likeness (QED) is 0.622. The molecular weight excluding hydrogens is 378 g/mol. The van der Waals surface area contributed by atoms with Crippen LogP contribution in [0.5, 0.6) is 5.75 Å². The van der Waals surface area contributed by atoms with E-state index in [0.29, 0.717) is 40.2 Å². The summed E-state index contributed by atoms with van der Waals surface area (Å²) < 4.78 is 4.93. The zero-order valence-electron chi connectivity index (χ0n) is 14.8. The molecule has 0 radical (unpaired) electrons. The van der Waals surface area contributed by atoms with Gasteiger partial charge >= 0.3 is 0 Å². The lowest BCUT2D eigenvalue weighted by molar-refractivity contribution is -0.120. The number of fused-ring (bicyclic) bond motifs is 1. The molecule has 3 aromatic rings. The number of hydrogen-bond donors (Lipinski definition) is 2. The summed E-state index contributed by atoms with van der Waals surface area (Å²) in [6.07, 6.45) is 1.86. The summed E-state index contributed by atoms with van der Waals surface area (Å²) in [5.74, 6) is 0.0767. The maximum absolute atomic E-state index is 11.4. The van der Waals surface area contributed by atoms with Gasteiger partial charge in [-0.3, -0.25) is 14.6 Å². The second-order valence-electron chi connectivity index (χ2n) is 6.06. The molecule has 0 saturated heterocycles. The van der Waals surface area contributed by atoms with Gasteiger partial charge in [-0.25, -0.2) is 0 Å². The summed E-state index contributed by atoms with van der Waals surface area (Å²) in [7, 11) is 0. The number of hydrogen-bond acceptors (Lipinski definition) is 8. The number of aromatic nitrogens is 2. The zero-order chi connectivity index (χ0) is 19.5. The van der Waals surface area contributed by atoms with E-state index in [2.05, 4.69) is 25.8 Å². The Bertz CT molecular complexity index is 1090. The summed E-state index contributed by atoms with van der Waals surface area (Å²) in [6, 6.07) is 11.0. The molecule has 1 aliphatic heterocycles. The van der Waals surface area contributed by atoms with Gasteiger partial charge in [0.25, 0.3) is 6.47 Å². The third kappa shape index (κ3) is 3.89. The van der Waals surface area contributed by atoms with Gasteiger partial charge in [0.15, 0.2) is 0 Å². The first-order valence-electron chi connectivity index (χ1n) is 8.37. The van der Waals surface area contributed by atoms with Crippen LogP contribution in [0.2, 0.25) is 0 Å². The Hall–Kier alpha value is -3.59. The van der Waals surface area contributed by atoms with Crippen molar-refractivity contribution >= 4 is 46.4 Å².